The number of anilines is 1. The molecule has 0 bridgehead atoms. The largest absolute Gasteiger partial charge is 0.370 e. The van der Waals surface area contributed by atoms with Crippen LogP contribution in [0, 0.1) is 5.82 Å². The van der Waals surface area contributed by atoms with Crippen molar-refractivity contribution in [2.45, 2.75) is 18.9 Å². The van der Waals surface area contributed by atoms with Crippen LogP contribution in [0.3, 0.4) is 0 Å². The minimum absolute atomic E-state index is 0.208. The minimum atomic E-state index is -0.250. The molecule has 33 heavy (non-hydrogen) atoms. The zero-order valence-electron chi connectivity index (χ0n) is 18.0. The molecule has 0 spiro atoms. The van der Waals surface area contributed by atoms with Gasteiger partial charge in [-0.1, -0.05) is 12.1 Å². The molecular weight excluding hydrogens is 415 g/mol. The van der Waals surface area contributed by atoms with Crippen LogP contribution in [0.2, 0.25) is 0 Å². The molecule has 7 heteroatoms. The Kier molecular flexibility index (Phi) is 4.77. The molecule has 6 rings (SSSR count). The number of nitrogens with zero attached hydrogens (tertiary/aromatic N) is 5. The van der Waals surface area contributed by atoms with Gasteiger partial charge in [0.25, 0.3) is 0 Å². The van der Waals surface area contributed by atoms with Crippen LogP contribution in [0.25, 0.3) is 39.1 Å². The number of piperidine rings is 1. The zero-order valence-corrected chi connectivity index (χ0v) is 18.0. The monoisotopic (exact) mass is 438 g/mol. The standard InChI is InChI=1S/C26H23FN6/c27-20-12-18-3-4-22(31-26(18)23(14-20)32-9-6-21(28)7-10-32)24-16-30-25-13-17(5-11-33(24)25)19-2-1-8-29-15-19/h1-5,8,11-16,21H,6-7,9-10,28H2. The van der Waals surface area contributed by atoms with Gasteiger partial charge >= 0.3 is 0 Å². The van der Waals surface area contributed by atoms with Gasteiger partial charge in [0.2, 0.25) is 0 Å². The minimum Gasteiger partial charge on any atom is -0.370 e. The predicted molar refractivity (Wildman–Crippen MR) is 129 cm³/mol. The number of nitrogens with two attached hydrogens (primary N) is 1. The second-order valence-corrected chi connectivity index (χ2v) is 8.55. The summed E-state index contributed by atoms with van der Waals surface area (Å²) in [6, 6.07) is 15.2. The maximum absolute atomic E-state index is 14.4. The van der Waals surface area contributed by atoms with E-state index in [0.717, 1.165) is 70.7 Å². The van der Waals surface area contributed by atoms with Gasteiger partial charge in [0.1, 0.15) is 11.5 Å². The van der Waals surface area contributed by atoms with Crippen molar-refractivity contribution in [3.05, 3.63) is 79.1 Å². The molecule has 0 amide bonds. The number of halogens is 1. The van der Waals surface area contributed by atoms with Crippen molar-refractivity contribution in [2.24, 2.45) is 5.73 Å². The molecular formula is C26H23FN6. The first kappa shape index (κ1) is 19.8. The molecule has 2 N–H and O–H groups in total. The Labute approximate surface area is 190 Å². The predicted octanol–water partition coefficient (Wildman–Crippen LogP) is 4.68. The van der Waals surface area contributed by atoms with Crippen LogP contribution in [0.4, 0.5) is 10.1 Å². The van der Waals surface area contributed by atoms with Crippen LogP contribution < -0.4 is 10.6 Å². The fourth-order valence-electron chi connectivity index (χ4n) is 4.59. The molecule has 0 unspecified atom stereocenters. The van der Waals surface area contributed by atoms with E-state index in [4.69, 9.17) is 10.7 Å². The summed E-state index contributed by atoms with van der Waals surface area (Å²) in [7, 11) is 0. The first-order valence-electron chi connectivity index (χ1n) is 11.1. The Hall–Kier alpha value is -3.84. The van der Waals surface area contributed by atoms with Crippen molar-refractivity contribution >= 4 is 22.2 Å². The van der Waals surface area contributed by atoms with Crippen molar-refractivity contribution in [3.8, 4) is 22.5 Å². The lowest BCUT2D eigenvalue weighted by molar-refractivity contribution is 0.501. The molecule has 5 aromatic rings. The lowest BCUT2D eigenvalue weighted by atomic mass is 10.0. The summed E-state index contributed by atoms with van der Waals surface area (Å²) in [5, 5.41) is 0.788. The first-order valence-corrected chi connectivity index (χ1v) is 11.1. The van der Waals surface area contributed by atoms with E-state index < -0.39 is 0 Å². The molecule has 0 saturated carbocycles. The number of aromatic nitrogens is 4. The third kappa shape index (κ3) is 3.60. The second kappa shape index (κ2) is 7.94. The van der Waals surface area contributed by atoms with E-state index in [2.05, 4.69) is 14.9 Å². The maximum Gasteiger partial charge on any atom is 0.137 e. The van der Waals surface area contributed by atoms with Crippen LogP contribution in [0.1, 0.15) is 12.8 Å². The fraction of sp³-hybridized carbons (Fsp3) is 0.192. The van der Waals surface area contributed by atoms with Gasteiger partial charge in [-0.15, -0.1) is 0 Å². The quantitative estimate of drug-likeness (QED) is 0.443. The number of rotatable bonds is 3. The topological polar surface area (TPSA) is 72.3 Å². The average molecular weight is 439 g/mol. The molecule has 5 heterocycles. The SMILES string of the molecule is NC1CCN(c2cc(F)cc3ccc(-c4cnc5cc(-c6cccnc6)ccn45)nc23)CC1. The highest BCUT2D eigenvalue weighted by Crippen LogP contribution is 2.32. The molecule has 164 valence electrons. The average Bonchev–Trinajstić information content (AvgIpc) is 3.28. The Morgan fingerprint density at radius 3 is 2.67 bits per heavy atom. The van der Waals surface area contributed by atoms with Gasteiger partial charge in [-0.2, -0.15) is 0 Å². The van der Waals surface area contributed by atoms with Crippen molar-refractivity contribution in [1.29, 1.82) is 0 Å². The molecule has 6 nitrogen and oxygen atoms in total. The van der Waals surface area contributed by atoms with Crippen molar-refractivity contribution in [3.63, 3.8) is 0 Å². The third-order valence-electron chi connectivity index (χ3n) is 6.39. The number of pyridine rings is 3. The highest BCUT2D eigenvalue weighted by molar-refractivity contribution is 5.92. The number of hydrogen-bond donors (Lipinski definition) is 1. The summed E-state index contributed by atoms with van der Waals surface area (Å²) in [6.07, 6.45) is 9.23. The first-order chi connectivity index (χ1) is 16.2. The van der Waals surface area contributed by atoms with Gasteiger partial charge in [-0.05, 0) is 54.8 Å². The highest BCUT2D eigenvalue weighted by atomic mass is 19.1. The summed E-state index contributed by atoms with van der Waals surface area (Å²) < 4.78 is 16.4. The van der Waals surface area contributed by atoms with E-state index in [0.29, 0.717) is 0 Å². The van der Waals surface area contributed by atoms with Crippen LogP contribution in [-0.4, -0.2) is 38.5 Å². The Bertz CT molecular complexity index is 1450. The lowest BCUT2D eigenvalue weighted by Crippen LogP contribution is -2.39. The number of hydrogen-bond acceptors (Lipinski definition) is 5. The smallest absolute Gasteiger partial charge is 0.137 e. The molecule has 0 atom stereocenters. The molecule has 1 aliphatic heterocycles. The molecule has 1 fully saturated rings. The summed E-state index contributed by atoms with van der Waals surface area (Å²) in [4.78, 5) is 16.0. The van der Waals surface area contributed by atoms with E-state index in [1.165, 1.54) is 0 Å². The van der Waals surface area contributed by atoms with Crippen LogP contribution in [0.15, 0.2) is 73.3 Å². The van der Waals surface area contributed by atoms with Gasteiger partial charge in [0.05, 0.1) is 28.8 Å². The van der Waals surface area contributed by atoms with E-state index in [-0.39, 0.29) is 11.9 Å². The maximum atomic E-state index is 14.4. The van der Waals surface area contributed by atoms with Crippen molar-refractivity contribution < 1.29 is 4.39 Å². The highest BCUT2D eigenvalue weighted by Gasteiger charge is 2.20. The van der Waals surface area contributed by atoms with Gasteiger partial charge in [-0.25, -0.2) is 14.4 Å². The van der Waals surface area contributed by atoms with Crippen molar-refractivity contribution in [1.82, 2.24) is 19.4 Å². The summed E-state index contributed by atoms with van der Waals surface area (Å²) in [5.41, 5.74) is 12.3. The molecule has 0 radical (unpaired) electrons. The van der Waals surface area contributed by atoms with Crippen molar-refractivity contribution in [2.75, 3.05) is 18.0 Å². The Morgan fingerprint density at radius 2 is 1.85 bits per heavy atom. The molecule has 1 aliphatic rings. The number of fused-ring (bicyclic) bond motifs is 2. The van der Waals surface area contributed by atoms with Crippen LogP contribution >= 0.6 is 0 Å². The molecule has 1 aromatic carbocycles. The van der Waals surface area contributed by atoms with E-state index in [1.54, 1.807) is 18.3 Å². The molecule has 0 aliphatic carbocycles. The number of benzene rings is 1. The van der Waals surface area contributed by atoms with Gasteiger partial charge < -0.3 is 10.6 Å². The van der Waals surface area contributed by atoms with Gasteiger partial charge in [0.15, 0.2) is 0 Å². The normalized spacial score (nSPS) is 14.9. The summed E-state index contributed by atoms with van der Waals surface area (Å²) in [5.74, 6) is -0.250. The third-order valence-corrected chi connectivity index (χ3v) is 6.39. The molecule has 4 aromatic heterocycles. The summed E-state index contributed by atoms with van der Waals surface area (Å²) in [6.45, 7) is 1.61. The van der Waals surface area contributed by atoms with Gasteiger partial charge in [-0.3, -0.25) is 9.38 Å². The summed E-state index contributed by atoms with van der Waals surface area (Å²) >= 11 is 0. The van der Waals surface area contributed by atoms with E-state index >= 15 is 0 Å². The zero-order chi connectivity index (χ0) is 22.4. The fourth-order valence-corrected chi connectivity index (χ4v) is 4.59. The van der Waals surface area contributed by atoms with E-state index in [1.807, 2.05) is 59.4 Å². The van der Waals surface area contributed by atoms with Crippen LogP contribution in [0.5, 0.6) is 0 Å². The molecule has 1 saturated heterocycles. The van der Waals surface area contributed by atoms with Gasteiger partial charge in [0, 0.05) is 48.7 Å². The second-order valence-electron chi connectivity index (χ2n) is 8.55. The Balaban J connectivity index is 1.44. The Morgan fingerprint density at radius 1 is 0.970 bits per heavy atom. The van der Waals surface area contributed by atoms with E-state index in [9.17, 15) is 4.39 Å². The lowest BCUT2D eigenvalue weighted by Gasteiger charge is -2.32. The number of imidazole rings is 1. The van der Waals surface area contributed by atoms with Crippen LogP contribution in [-0.2, 0) is 0 Å².